The molecule has 2 amide bonds. The number of hydrogen-bond acceptors (Lipinski definition) is 6. The molecule has 11 heteroatoms. The van der Waals surface area contributed by atoms with Gasteiger partial charge in [-0.3, -0.25) is 14.6 Å². The topological polar surface area (TPSA) is 147 Å². The van der Waals surface area contributed by atoms with Gasteiger partial charge in [0.25, 0.3) is 5.91 Å². The summed E-state index contributed by atoms with van der Waals surface area (Å²) in [4.78, 5) is 45.0. The molecule has 140 valence electrons. The summed E-state index contributed by atoms with van der Waals surface area (Å²) in [5.74, 6) is -0.557. The maximum atomic E-state index is 12.0. The number of amides is 2. The predicted molar refractivity (Wildman–Crippen MR) is 89.0 cm³/mol. The minimum Gasteiger partial charge on any atom is -0.447 e. The number of pyridine rings is 1. The molecule has 0 bridgehead atoms. The van der Waals surface area contributed by atoms with Gasteiger partial charge in [-0.25, -0.2) is 14.3 Å². The first-order chi connectivity index (χ1) is 11.4. The van der Waals surface area contributed by atoms with Crippen LogP contribution in [0.15, 0.2) is 18.3 Å². The lowest BCUT2D eigenvalue weighted by Gasteiger charge is -2.25. The quantitative estimate of drug-likeness (QED) is 0.526. The van der Waals surface area contributed by atoms with Crippen molar-refractivity contribution in [3.63, 3.8) is 0 Å². The smallest absolute Gasteiger partial charge is 0.447 e. The highest BCUT2D eigenvalue weighted by atomic mass is 31.2. The van der Waals surface area contributed by atoms with Crippen molar-refractivity contribution < 1.29 is 33.2 Å². The van der Waals surface area contributed by atoms with Crippen molar-refractivity contribution >= 4 is 25.5 Å². The number of nitrogens with one attached hydrogen (secondary N) is 2. The molecule has 0 fully saturated rings. The summed E-state index contributed by atoms with van der Waals surface area (Å²) < 4.78 is 20.3. The van der Waals surface area contributed by atoms with Crippen LogP contribution < -0.4 is 10.6 Å². The molecule has 0 atom stereocenters. The molecule has 0 unspecified atom stereocenters. The fraction of sp³-hybridized carbons (Fsp3) is 0.500. The van der Waals surface area contributed by atoms with Gasteiger partial charge in [-0.1, -0.05) is 0 Å². The van der Waals surface area contributed by atoms with Crippen molar-refractivity contribution in [2.24, 2.45) is 0 Å². The fourth-order valence-electron chi connectivity index (χ4n) is 1.70. The Kier molecular flexibility index (Phi) is 7.06. The summed E-state index contributed by atoms with van der Waals surface area (Å²) in [7, 11) is -4.67. The van der Waals surface area contributed by atoms with Crippen molar-refractivity contribution in [2.45, 2.75) is 39.4 Å². The molecule has 0 aromatic carbocycles. The van der Waals surface area contributed by atoms with Crippen molar-refractivity contribution in [3.8, 4) is 0 Å². The van der Waals surface area contributed by atoms with Crippen LogP contribution in [-0.2, 0) is 13.8 Å². The van der Waals surface area contributed by atoms with Crippen LogP contribution in [0.2, 0.25) is 0 Å². The van der Waals surface area contributed by atoms with Gasteiger partial charge in [-0.05, 0) is 39.8 Å². The SMILES string of the molecule is CC(C)OC(=O)Nc1ccc(C(=O)NCC(C)(C)OP(=O)(O)O)nc1. The molecular formula is C14H22N3O7P. The average Bonchev–Trinajstić information content (AvgIpc) is 2.42. The van der Waals surface area contributed by atoms with E-state index in [0.29, 0.717) is 5.69 Å². The molecule has 0 aliphatic rings. The summed E-state index contributed by atoms with van der Waals surface area (Å²) in [5.41, 5.74) is -0.848. The molecule has 1 aromatic heterocycles. The molecule has 0 saturated carbocycles. The van der Waals surface area contributed by atoms with Gasteiger partial charge in [0.1, 0.15) is 5.69 Å². The van der Waals surface area contributed by atoms with E-state index in [2.05, 4.69) is 20.1 Å². The largest absolute Gasteiger partial charge is 0.470 e. The van der Waals surface area contributed by atoms with Gasteiger partial charge in [-0.2, -0.15) is 0 Å². The average molecular weight is 375 g/mol. The van der Waals surface area contributed by atoms with Gasteiger partial charge >= 0.3 is 13.9 Å². The number of rotatable bonds is 7. The molecule has 25 heavy (non-hydrogen) atoms. The first-order valence-electron chi connectivity index (χ1n) is 7.36. The van der Waals surface area contributed by atoms with Crippen LogP contribution in [0.1, 0.15) is 38.2 Å². The molecule has 0 saturated heterocycles. The van der Waals surface area contributed by atoms with E-state index < -0.39 is 25.4 Å². The second-order valence-corrected chi connectivity index (χ2v) is 7.20. The number of phosphoric acid groups is 1. The second-order valence-electron chi connectivity index (χ2n) is 6.04. The summed E-state index contributed by atoms with van der Waals surface area (Å²) >= 11 is 0. The van der Waals surface area contributed by atoms with Crippen LogP contribution in [0, 0.1) is 0 Å². The Morgan fingerprint density at radius 3 is 2.44 bits per heavy atom. The van der Waals surface area contributed by atoms with E-state index >= 15 is 0 Å². The van der Waals surface area contributed by atoms with Crippen LogP contribution in [0.25, 0.3) is 0 Å². The fourth-order valence-corrected chi connectivity index (χ4v) is 2.41. The highest BCUT2D eigenvalue weighted by molar-refractivity contribution is 7.46. The number of aromatic nitrogens is 1. The van der Waals surface area contributed by atoms with Gasteiger partial charge < -0.3 is 19.8 Å². The van der Waals surface area contributed by atoms with Gasteiger partial charge in [0.05, 0.1) is 23.6 Å². The number of hydrogen-bond donors (Lipinski definition) is 4. The number of ether oxygens (including phenoxy) is 1. The lowest BCUT2D eigenvalue weighted by molar-refractivity contribution is 0.0595. The van der Waals surface area contributed by atoms with Crippen LogP contribution in [0.4, 0.5) is 10.5 Å². The highest BCUT2D eigenvalue weighted by Gasteiger charge is 2.29. The molecule has 1 rings (SSSR count). The molecule has 4 N–H and O–H groups in total. The van der Waals surface area contributed by atoms with E-state index in [1.54, 1.807) is 13.8 Å². The number of anilines is 1. The molecular weight excluding hydrogens is 353 g/mol. The summed E-state index contributed by atoms with van der Waals surface area (Å²) in [6.45, 7) is 6.13. The summed E-state index contributed by atoms with van der Waals surface area (Å²) in [5, 5.41) is 4.93. The van der Waals surface area contributed by atoms with Crippen molar-refractivity contribution in [2.75, 3.05) is 11.9 Å². The van der Waals surface area contributed by atoms with E-state index in [0.717, 1.165) is 0 Å². The number of carbonyl (C=O) groups is 2. The monoisotopic (exact) mass is 375 g/mol. The van der Waals surface area contributed by atoms with E-state index in [1.165, 1.54) is 32.2 Å². The maximum Gasteiger partial charge on any atom is 0.470 e. The predicted octanol–water partition coefficient (Wildman–Crippen LogP) is 1.66. The standard InChI is InChI=1S/C14H22N3O7P/c1-9(2)23-13(19)17-10-5-6-11(15-7-10)12(18)16-8-14(3,4)24-25(20,21)22/h5-7,9H,8H2,1-4H3,(H,16,18)(H,17,19)(H2,20,21,22). The minimum absolute atomic E-state index is 0.0646. The van der Waals surface area contributed by atoms with Crippen molar-refractivity contribution in [1.82, 2.24) is 10.3 Å². The molecule has 0 radical (unpaired) electrons. The molecule has 1 aromatic rings. The third kappa shape index (κ3) is 8.59. The number of phosphoric ester groups is 1. The Morgan fingerprint density at radius 2 is 1.96 bits per heavy atom. The lowest BCUT2D eigenvalue weighted by Crippen LogP contribution is -2.40. The van der Waals surface area contributed by atoms with E-state index in [4.69, 9.17) is 14.5 Å². The molecule has 0 aliphatic heterocycles. The van der Waals surface area contributed by atoms with Crippen LogP contribution in [0.3, 0.4) is 0 Å². The first-order valence-corrected chi connectivity index (χ1v) is 8.89. The number of nitrogens with zero attached hydrogens (tertiary/aromatic N) is 1. The van der Waals surface area contributed by atoms with Crippen LogP contribution >= 0.6 is 7.82 Å². The first kappa shape index (κ1) is 21.0. The molecule has 0 spiro atoms. The third-order valence-electron chi connectivity index (χ3n) is 2.63. The summed E-state index contributed by atoms with van der Waals surface area (Å²) in [6.07, 6.45) is 0.385. The highest BCUT2D eigenvalue weighted by Crippen LogP contribution is 2.40. The zero-order valence-electron chi connectivity index (χ0n) is 14.3. The van der Waals surface area contributed by atoms with E-state index in [1.807, 2.05) is 0 Å². The van der Waals surface area contributed by atoms with Gasteiger partial charge in [0, 0.05) is 6.54 Å². The third-order valence-corrected chi connectivity index (χ3v) is 3.36. The Balaban J connectivity index is 2.60. The molecule has 0 aliphatic carbocycles. The molecule has 10 nitrogen and oxygen atoms in total. The Morgan fingerprint density at radius 1 is 1.32 bits per heavy atom. The van der Waals surface area contributed by atoms with E-state index in [9.17, 15) is 14.2 Å². The Bertz CT molecular complexity index is 655. The normalized spacial score (nSPS) is 12.0. The lowest BCUT2D eigenvalue weighted by atomic mass is 10.1. The minimum atomic E-state index is -4.67. The Labute approximate surface area is 145 Å². The van der Waals surface area contributed by atoms with Gasteiger partial charge in [0.2, 0.25) is 0 Å². The van der Waals surface area contributed by atoms with Crippen molar-refractivity contribution in [1.29, 1.82) is 0 Å². The van der Waals surface area contributed by atoms with Crippen molar-refractivity contribution in [3.05, 3.63) is 24.0 Å². The summed E-state index contributed by atoms with van der Waals surface area (Å²) in [6, 6.07) is 2.86. The zero-order chi connectivity index (χ0) is 19.3. The molecule has 1 heterocycles. The van der Waals surface area contributed by atoms with Crippen LogP contribution in [-0.4, -0.2) is 45.0 Å². The van der Waals surface area contributed by atoms with Crippen LogP contribution in [0.5, 0.6) is 0 Å². The van der Waals surface area contributed by atoms with Gasteiger partial charge in [0.15, 0.2) is 0 Å². The zero-order valence-corrected chi connectivity index (χ0v) is 15.2. The Hall–Kier alpha value is -2.00. The maximum absolute atomic E-state index is 12.0. The van der Waals surface area contributed by atoms with Gasteiger partial charge in [-0.15, -0.1) is 0 Å². The number of carbonyl (C=O) groups excluding carboxylic acids is 2. The second kappa shape index (κ2) is 8.39. The van der Waals surface area contributed by atoms with E-state index in [-0.39, 0.29) is 18.3 Å².